The number of hydrogen-bond donors (Lipinski definition) is 2. The minimum Gasteiger partial charge on any atom is -0.371 e. The first-order valence-electron chi connectivity index (χ1n) is 7.95. The summed E-state index contributed by atoms with van der Waals surface area (Å²) >= 11 is 0. The van der Waals surface area contributed by atoms with Crippen LogP contribution in [0.15, 0.2) is 30.6 Å². The highest BCUT2D eigenvalue weighted by molar-refractivity contribution is 6.02. The van der Waals surface area contributed by atoms with Gasteiger partial charge in [-0.15, -0.1) is 12.4 Å². The molecule has 0 spiro atoms. The monoisotopic (exact) mass is 413 g/mol. The van der Waals surface area contributed by atoms with Crippen LogP contribution in [0.5, 0.6) is 0 Å². The van der Waals surface area contributed by atoms with Gasteiger partial charge in [-0.2, -0.15) is 18.4 Å². The van der Waals surface area contributed by atoms with Gasteiger partial charge in [-0.3, -0.25) is 4.79 Å². The van der Waals surface area contributed by atoms with Crippen LogP contribution < -0.4 is 10.6 Å². The van der Waals surface area contributed by atoms with E-state index in [0.29, 0.717) is 36.2 Å². The Labute approximate surface area is 164 Å². The van der Waals surface area contributed by atoms with Crippen molar-refractivity contribution in [2.45, 2.75) is 12.3 Å². The number of rotatable bonds is 3. The van der Waals surface area contributed by atoms with Gasteiger partial charge in [0.05, 0.1) is 36.7 Å². The Bertz CT molecular complexity index is 878. The van der Waals surface area contributed by atoms with Crippen molar-refractivity contribution in [3.05, 3.63) is 53.1 Å². The van der Waals surface area contributed by atoms with Crippen LogP contribution in [0.1, 0.15) is 33.4 Å². The van der Waals surface area contributed by atoms with Gasteiger partial charge in [-0.25, -0.2) is 9.97 Å². The smallest absolute Gasteiger partial charge is 0.371 e. The molecule has 11 heteroatoms. The number of morpholine rings is 1. The summed E-state index contributed by atoms with van der Waals surface area (Å²) < 4.78 is 43.1. The molecule has 7 nitrogen and oxygen atoms in total. The molecule has 3 rings (SSSR count). The topological polar surface area (TPSA) is 99.9 Å². The molecular weight excluding hydrogens is 399 g/mol. The van der Waals surface area contributed by atoms with Gasteiger partial charge in [0.25, 0.3) is 5.91 Å². The van der Waals surface area contributed by atoms with Crippen molar-refractivity contribution in [3.8, 4) is 6.07 Å². The third-order valence-corrected chi connectivity index (χ3v) is 3.88. The molecule has 0 saturated carbocycles. The largest absolute Gasteiger partial charge is 0.434 e. The lowest BCUT2D eigenvalue weighted by Crippen LogP contribution is -2.33. The van der Waals surface area contributed by atoms with E-state index in [1.54, 1.807) is 12.1 Å². The van der Waals surface area contributed by atoms with E-state index in [1.165, 1.54) is 6.07 Å². The summed E-state index contributed by atoms with van der Waals surface area (Å²) in [5.74, 6) is -0.733. The number of anilines is 1. The van der Waals surface area contributed by atoms with E-state index in [-0.39, 0.29) is 24.2 Å². The second-order valence-electron chi connectivity index (χ2n) is 5.72. The van der Waals surface area contributed by atoms with Crippen LogP contribution in [0.2, 0.25) is 0 Å². The van der Waals surface area contributed by atoms with Crippen molar-refractivity contribution in [1.82, 2.24) is 15.3 Å². The minimum atomic E-state index is -4.63. The van der Waals surface area contributed by atoms with Gasteiger partial charge in [0.15, 0.2) is 5.69 Å². The van der Waals surface area contributed by atoms with Crippen molar-refractivity contribution < 1.29 is 22.7 Å². The quantitative estimate of drug-likeness (QED) is 0.802. The van der Waals surface area contributed by atoms with Crippen LogP contribution in [-0.4, -0.2) is 35.6 Å². The van der Waals surface area contributed by atoms with Gasteiger partial charge in [0.1, 0.15) is 5.69 Å². The van der Waals surface area contributed by atoms with Gasteiger partial charge in [-0.05, 0) is 17.7 Å². The van der Waals surface area contributed by atoms with Crippen LogP contribution in [0, 0.1) is 11.3 Å². The molecular formula is C17H15ClF3N5O2. The number of hydrogen-bond acceptors (Lipinski definition) is 6. The molecule has 0 unspecified atom stereocenters. The van der Waals surface area contributed by atoms with Crippen molar-refractivity contribution >= 4 is 24.0 Å². The molecule has 0 radical (unpaired) electrons. The number of nitrogens with zero attached hydrogens (tertiary/aromatic N) is 3. The molecule has 1 saturated heterocycles. The maximum atomic E-state index is 12.5. The fourth-order valence-corrected chi connectivity index (χ4v) is 2.56. The zero-order chi connectivity index (χ0) is 19.4. The van der Waals surface area contributed by atoms with E-state index < -0.39 is 17.8 Å². The maximum absolute atomic E-state index is 12.5. The van der Waals surface area contributed by atoms with Gasteiger partial charge in [0, 0.05) is 18.8 Å². The van der Waals surface area contributed by atoms with Crippen LogP contribution in [0.25, 0.3) is 0 Å². The molecule has 0 aliphatic carbocycles. The second kappa shape index (κ2) is 8.97. The fraction of sp³-hybridized carbons (Fsp3) is 0.294. The van der Waals surface area contributed by atoms with E-state index in [4.69, 9.17) is 4.74 Å². The molecule has 1 fully saturated rings. The summed E-state index contributed by atoms with van der Waals surface area (Å²) in [4.78, 5) is 18.8. The number of alkyl halides is 3. The summed E-state index contributed by atoms with van der Waals surface area (Å²) in [5, 5.41) is 15.0. The van der Waals surface area contributed by atoms with E-state index >= 15 is 0 Å². The summed E-state index contributed by atoms with van der Waals surface area (Å²) in [6.07, 6.45) is -3.65. The maximum Gasteiger partial charge on any atom is 0.434 e. The van der Waals surface area contributed by atoms with E-state index in [2.05, 4.69) is 26.7 Å². The number of aromatic nitrogens is 2. The summed E-state index contributed by atoms with van der Waals surface area (Å²) in [7, 11) is 0. The van der Waals surface area contributed by atoms with Gasteiger partial charge in [-0.1, -0.05) is 6.07 Å². The summed E-state index contributed by atoms with van der Waals surface area (Å²) in [5.41, 5.74) is -0.121. The number of ether oxygens (including phenoxy) is 1. The van der Waals surface area contributed by atoms with Gasteiger partial charge >= 0.3 is 6.18 Å². The SMILES string of the molecule is Cl.N#Cc1cc(NC(=O)c2cnc(C(F)(F)F)cn2)ccc1[C@@H]1CNCCO1. The Morgan fingerprint density at radius 1 is 1.32 bits per heavy atom. The molecule has 2 N–H and O–H groups in total. The van der Waals surface area contributed by atoms with Gasteiger partial charge in [0.2, 0.25) is 0 Å². The highest BCUT2D eigenvalue weighted by Crippen LogP contribution is 2.27. The Hall–Kier alpha value is -2.74. The number of halogens is 4. The Balaban J connectivity index is 0.00000280. The Kier molecular flexibility index (Phi) is 6.90. The summed E-state index contributed by atoms with van der Waals surface area (Å²) in [6.45, 7) is 1.84. The normalized spacial score (nSPS) is 16.6. The third kappa shape index (κ3) is 4.95. The molecule has 1 aliphatic heterocycles. The van der Waals surface area contributed by atoms with E-state index in [9.17, 15) is 23.2 Å². The third-order valence-electron chi connectivity index (χ3n) is 3.88. The molecule has 1 atom stereocenters. The average Bonchev–Trinajstić information content (AvgIpc) is 2.68. The molecule has 1 aliphatic rings. The molecule has 28 heavy (non-hydrogen) atoms. The predicted molar refractivity (Wildman–Crippen MR) is 95.0 cm³/mol. The first kappa shape index (κ1) is 21.6. The van der Waals surface area contributed by atoms with Crippen LogP contribution in [-0.2, 0) is 10.9 Å². The van der Waals surface area contributed by atoms with Gasteiger partial charge < -0.3 is 15.4 Å². The summed E-state index contributed by atoms with van der Waals surface area (Å²) in [6, 6.07) is 6.79. The van der Waals surface area contributed by atoms with Crippen LogP contribution in [0.4, 0.5) is 18.9 Å². The Morgan fingerprint density at radius 3 is 2.68 bits per heavy atom. The molecule has 0 bridgehead atoms. The second-order valence-corrected chi connectivity index (χ2v) is 5.72. The minimum absolute atomic E-state index is 0. The fourth-order valence-electron chi connectivity index (χ4n) is 2.56. The van der Waals surface area contributed by atoms with Crippen molar-refractivity contribution in [2.75, 3.05) is 25.0 Å². The number of amides is 1. The zero-order valence-electron chi connectivity index (χ0n) is 14.3. The van der Waals surface area contributed by atoms with E-state index in [1.807, 2.05) is 0 Å². The van der Waals surface area contributed by atoms with E-state index in [0.717, 1.165) is 12.7 Å². The lowest BCUT2D eigenvalue weighted by Gasteiger charge is -2.24. The van der Waals surface area contributed by atoms with Crippen LogP contribution >= 0.6 is 12.4 Å². The van der Waals surface area contributed by atoms with Crippen molar-refractivity contribution in [2.24, 2.45) is 0 Å². The number of nitriles is 1. The average molecular weight is 414 g/mol. The highest BCUT2D eigenvalue weighted by atomic mass is 35.5. The molecule has 1 amide bonds. The number of carbonyl (C=O) groups is 1. The molecule has 1 aromatic heterocycles. The molecule has 1 aromatic carbocycles. The molecule has 2 aromatic rings. The standard InChI is InChI=1S/C17H14F3N5O2.ClH/c18-17(19,20)15-9-23-13(7-24-15)16(26)25-11-1-2-12(10(5-11)6-21)14-8-22-3-4-27-14;/h1-2,5,7,9,14,22H,3-4,8H2,(H,25,26);1H/t14-;/m0./s1. The number of benzene rings is 1. The van der Waals surface area contributed by atoms with Crippen molar-refractivity contribution in [1.29, 1.82) is 5.26 Å². The highest BCUT2D eigenvalue weighted by Gasteiger charge is 2.33. The van der Waals surface area contributed by atoms with Crippen LogP contribution in [0.3, 0.4) is 0 Å². The first-order chi connectivity index (χ1) is 12.9. The van der Waals surface area contributed by atoms with Crippen molar-refractivity contribution in [3.63, 3.8) is 0 Å². The number of nitrogens with one attached hydrogen (secondary N) is 2. The molecule has 2 heterocycles. The lowest BCUT2D eigenvalue weighted by atomic mass is 10.0. The zero-order valence-corrected chi connectivity index (χ0v) is 15.1. The number of carbonyl (C=O) groups excluding carboxylic acids is 1. The predicted octanol–water partition coefficient (Wildman–Crippen LogP) is 2.70. The first-order valence-corrected chi connectivity index (χ1v) is 7.95. The lowest BCUT2D eigenvalue weighted by molar-refractivity contribution is -0.141. The molecule has 148 valence electrons. The Morgan fingerprint density at radius 2 is 2.11 bits per heavy atom.